The Morgan fingerprint density at radius 2 is 1.74 bits per heavy atom. The van der Waals surface area contributed by atoms with Crippen molar-refractivity contribution in [2.24, 2.45) is 0 Å². The maximum atomic E-state index is 12.7. The lowest BCUT2D eigenvalue weighted by Gasteiger charge is -2.12. The highest BCUT2D eigenvalue weighted by Gasteiger charge is 2.30. The monoisotopic (exact) mass is 324 g/mol. The van der Waals surface area contributed by atoms with Gasteiger partial charge in [0.2, 0.25) is 0 Å². The van der Waals surface area contributed by atoms with Crippen molar-refractivity contribution >= 4 is 0 Å². The van der Waals surface area contributed by atoms with Crippen LogP contribution in [0, 0.1) is 0 Å². The molecule has 0 bridgehead atoms. The Bertz CT molecular complexity index is 623. The van der Waals surface area contributed by atoms with Crippen LogP contribution in [0.1, 0.15) is 23.6 Å². The fraction of sp³-hybridized carbons (Fsp3) is 0.333. The summed E-state index contributed by atoms with van der Waals surface area (Å²) in [7, 11) is 1.63. The minimum Gasteiger partial charge on any atom is -0.497 e. The molecule has 0 amide bonds. The number of methoxy groups -OCH3 is 1. The van der Waals surface area contributed by atoms with Gasteiger partial charge in [0.25, 0.3) is 0 Å². The normalized spacial score (nSPS) is 12.9. The molecule has 0 aliphatic heterocycles. The first kappa shape index (κ1) is 17.3. The Labute approximate surface area is 134 Å². The lowest BCUT2D eigenvalue weighted by Crippen LogP contribution is -2.88. The molecule has 0 saturated carbocycles. The predicted octanol–water partition coefficient (Wildman–Crippen LogP) is 3.41. The maximum absolute atomic E-state index is 12.7. The number of benzene rings is 2. The molecule has 2 aromatic rings. The summed E-state index contributed by atoms with van der Waals surface area (Å²) in [6, 6.07) is 13.6. The highest BCUT2D eigenvalue weighted by atomic mass is 19.4. The van der Waals surface area contributed by atoms with Crippen LogP contribution in [0.25, 0.3) is 0 Å². The number of rotatable bonds is 6. The summed E-state index contributed by atoms with van der Waals surface area (Å²) >= 11 is 0. The van der Waals surface area contributed by atoms with Gasteiger partial charge in [-0.3, -0.25) is 0 Å². The molecular formula is C18H21F3NO+. The molecule has 2 rings (SSSR count). The van der Waals surface area contributed by atoms with Crippen LogP contribution in [0.4, 0.5) is 13.2 Å². The van der Waals surface area contributed by atoms with E-state index < -0.39 is 11.7 Å². The van der Waals surface area contributed by atoms with Gasteiger partial charge in [0.05, 0.1) is 18.7 Å². The van der Waals surface area contributed by atoms with Gasteiger partial charge in [-0.2, -0.15) is 13.2 Å². The smallest absolute Gasteiger partial charge is 0.416 e. The van der Waals surface area contributed by atoms with E-state index in [-0.39, 0.29) is 6.04 Å². The van der Waals surface area contributed by atoms with E-state index in [4.69, 9.17) is 4.74 Å². The molecule has 124 valence electrons. The first-order valence-corrected chi connectivity index (χ1v) is 7.51. The van der Waals surface area contributed by atoms with Crippen molar-refractivity contribution in [1.29, 1.82) is 0 Å². The van der Waals surface area contributed by atoms with E-state index in [1.807, 2.05) is 24.3 Å². The summed E-state index contributed by atoms with van der Waals surface area (Å²) in [5, 5.41) is 2.06. The van der Waals surface area contributed by atoms with E-state index in [0.717, 1.165) is 18.2 Å². The average Bonchev–Trinajstić information content (AvgIpc) is 2.53. The Balaban J connectivity index is 1.90. The largest absolute Gasteiger partial charge is 0.497 e. The molecule has 0 unspecified atom stereocenters. The summed E-state index contributed by atoms with van der Waals surface area (Å²) in [6.07, 6.45) is -3.44. The zero-order chi connectivity index (χ0) is 16.9. The van der Waals surface area contributed by atoms with Crippen molar-refractivity contribution in [2.75, 3.05) is 7.11 Å². The fourth-order valence-electron chi connectivity index (χ4n) is 2.43. The Hall–Kier alpha value is -2.01. The van der Waals surface area contributed by atoms with Crippen LogP contribution in [-0.4, -0.2) is 13.2 Å². The Morgan fingerprint density at radius 3 is 2.35 bits per heavy atom. The van der Waals surface area contributed by atoms with Gasteiger partial charge in [0, 0.05) is 12.0 Å². The zero-order valence-corrected chi connectivity index (χ0v) is 13.2. The molecule has 2 N–H and O–H groups in total. The minimum absolute atomic E-state index is 0.276. The molecule has 0 aliphatic rings. The topological polar surface area (TPSA) is 25.8 Å². The highest BCUT2D eigenvalue weighted by molar-refractivity contribution is 5.27. The predicted molar refractivity (Wildman–Crippen MR) is 83.2 cm³/mol. The van der Waals surface area contributed by atoms with Crippen molar-refractivity contribution in [3.8, 4) is 5.75 Å². The van der Waals surface area contributed by atoms with Gasteiger partial charge >= 0.3 is 6.18 Å². The second-order valence-corrected chi connectivity index (χ2v) is 5.67. The lowest BCUT2D eigenvalue weighted by molar-refractivity contribution is -0.701. The summed E-state index contributed by atoms with van der Waals surface area (Å²) in [5.74, 6) is 0.814. The van der Waals surface area contributed by atoms with E-state index in [1.54, 1.807) is 13.2 Å². The third-order valence-corrected chi connectivity index (χ3v) is 3.73. The van der Waals surface area contributed by atoms with Gasteiger partial charge in [0.1, 0.15) is 12.3 Å². The summed E-state index contributed by atoms with van der Waals surface area (Å²) in [4.78, 5) is 0. The second kappa shape index (κ2) is 7.51. The van der Waals surface area contributed by atoms with Crippen LogP contribution in [0.5, 0.6) is 5.75 Å². The van der Waals surface area contributed by atoms with E-state index in [2.05, 4.69) is 12.2 Å². The van der Waals surface area contributed by atoms with Crippen molar-refractivity contribution in [2.45, 2.75) is 32.1 Å². The van der Waals surface area contributed by atoms with Crippen LogP contribution in [0.2, 0.25) is 0 Å². The summed E-state index contributed by atoms with van der Waals surface area (Å²) in [6.45, 7) is 2.60. The first-order valence-electron chi connectivity index (χ1n) is 7.51. The SMILES string of the molecule is COc1ccc(C[C@H](C)[NH2+]Cc2cccc(C(F)(F)F)c2)cc1. The summed E-state index contributed by atoms with van der Waals surface area (Å²) < 4.78 is 43.2. The first-order chi connectivity index (χ1) is 10.9. The quantitative estimate of drug-likeness (QED) is 0.866. The van der Waals surface area contributed by atoms with Gasteiger partial charge in [-0.05, 0) is 36.8 Å². The van der Waals surface area contributed by atoms with Crippen molar-refractivity contribution in [3.05, 3.63) is 65.2 Å². The molecule has 0 heterocycles. The zero-order valence-electron chi connectivity index (χ0n) is 13.2. The van der Waals surface area contributed by atoms with Gasteiger partial charge in [0.15, 0.2) is 0 Å². The minimum atomic E-state index is -4.29. The third kappa shape index (κ3) is 5.28. The van der Waals surface area contributed by atoms with Crippen LogP contribution in [0.15, 0.2) is 48.5 Å². The highest BCUT2D eigenvalue weighted by Crippen LogP contribution is 2.29. The van der Waals surface area contributed by atoms with E-state index in [9.17, 15) is 13.2 Å². The van der Waals surface area contributed by atoms with E-state index in [1.165, 1.54) is 17.7 Å². The third-order valence-electron chi connectivity index (χ3n) is 3.73. The number of hydrogen-bond donors (Lipinski definition) is 1. The second-order valence-electron chi connectivity index (χ2n) is 5.67. The molecule has 0 spiro atoms. The molecule has 5 heteroatoms. The maximum Gasteiger partial charge on any atom is 0.416 e. The molecule has 2 aromatic carbocycles. The van der Waals surface area contributed by atoms with Gasteiger partial charge in [-0.15, -0.1) is 0 Å². The lowest BCUT2D eigenvalue weighted by atomic mass is 10.1. The number of nitrogens with two attached hydrogens (primary N) is 1. The molecule has 0 radical (unpaired) electrons. The van der Waals surface area contributed by atoms with Crippen LogP contribution in [0.3, 0.4) is 0 Å². The number of halogens is 3. The molecule has 0 aromatic heterocycles. The van der Waals surface area contributed by atoms with Gasteiger partial charge in [-0.1, -0.05) is 24.3 Å². The van der Waals surface area contributed by atoms with Crippen LogP contribution in [-0.2, 0) is 19.1 Å². The average molecular weight is 324 g/mol. The van der Waals surface area contributed by atoms with Crippen LogP contribution < -0.4 is 10.1 Å². The number of alkyl halides is 3. The molecule has 2 nitrogen and oxygen atoms in total. The van der Waals surface area contributed by atoms with Gasteiger partial charge in [-0.25, -0.2) is 0 Å². The molecule has 23 heavy (non-hydrogen) atoms. The number of quaternary nitrogens is 1. The number of hydrogen-bond acceptors (Lipinski definition) is 1. The van der Waals surface area contributed by atoms with Crippen molar-refractivity contribution in [3.63, 3.8) is 0 Å². The van der Waals surface area contributed by atoms with E-state index in [0.29, 0.717) is 12.1 Å². The molecule has 0 aliphatic carbocycles. The molecule has 0 fully saturated rings. The van der Waals surface area contributed by atoms with Crippen molar-refractivity contribution < 1.29 is 23.2 Å². The van der Waals surface area contributed by atoms with Gasteiger partial charge < -0.3 is 10.1 Å². The van der Waals surface area contributed by atoms with Crippen molar-refractivity contribution in [1.82, 2.24) is 0 Å². The number of ether oxygens (including phenoxy) is 1. The Morgan fingerprint density at radius 1 is 1.04 bits per heavy atom. The molecular weight excluding hydrogens is 303 g/mol. The standard InChI is InChI=1S/C18H20F3NO/c1-13(10-14-6-8-17(23-2)9-7-14)22-12-15-4-3-5-16(11-15)18(19,20)21/h3-9,11,13,22H,10,12H2,1-2H3/p+1/t13-/m0/s1. The molecule has 1 atom stereocenters. The Kier molecular flexibility index (Phi) is 5.66. The van der Waals surface area contributed by atoms with Crippen LogP contribution >= 0.6 is 0 Å². The molecule has 0 saturated heterocycles. The van der Waals surface area contributed by atoms with E-state index >= 15 is 0 Å². The summed E-state index contributed by atoms with van der Waals surface area (Å²) in [5.41, 5.74) is 1.27. The fourth-order valence-corrected chi connectivity index (χ4v) is 2.43.